The van der Waals surface area contributed by atoms with E-state index in [4.69, 9.17) is 14.6 Å². The molecule has 0 saturated carbocycles. The summed E-state index contributed by atoms with van der Waals surface area (Å²) in [6.45, 7) is 6.90. The van der Waals surface area contributed by atoms with Crippen LogP contribution in [0.25, 0.3) is 0 Å². The molecule has 1 atom stereocenters. The zero-order valence-electron chi connectivity index (χ0n) is 14.0. The van der Waals surface area contributed by atoms with Crippen molar-refractivity contribution in [3.63, 3.8) is 0 Å². The number of phenolic OH excluding ortho intramolecular Hbond substituents is 1. The van der Waals surface area contributed by atoms with Crippen molar-refractivity contribution in [3.8, 4) is 11.5 Å². The predicted octanol–water partition coefficient (Wildman–Crippen LogP) is 3.33. The van der Waals surface area contributed by atoms with Gasteiger partial charge in [-0.15, -0.1) is 0 Å². The number of aliphatic carboxylic acids is 1. The lowest BCUT2D eigenvalue weighted by Crippen LogP contribution is -2.27. The van der Waals surface area contributed by atoms with Gasteiger partial charge in [-0.2, -0.15) is 0 Å². The number of nitrogens with one attached hydrogen (secondary N) is 1. The maximum absolute atomic E-state index is 11.9. The Balaban J connectivity index is 3.10. The van der Waals surface area contributed by atoms with Crippen LogP contribution in [0.3, 0.4) is 0 Å². The summed E-state index contributed by atoms with van der Waals surface area (Å²) in [5.41, 5.74) is 0.0387. The van der Waals surface area contributed by atoms with Crippen molar-refractivity contribution < 1.29 is 29.3 Å². The standard InChI is InChI=1S/C16H23NO6/c1-9(6-13(18)19)10-7-11(14(20)12(8-10)22-5)17-15(21)23-16(2,3)4/h7-9,20H,6H2,1-5H3,(H,17,21)(H,18,19). The summed E-state index contributed by atoms with van der Waals surface area (Å²) >= 11 is 0. The Kier molecular flexibility index (Phi) is 5.84. The Morgan fingerprint density at radius 3 is 2.39 bits per heavy atom. The molecule has 0 heterocycles. The predicted molar refractivity (Wildman–Crippen MR) is 85.2 cm³/mol. The molecule has 7 heteroatoms. The highest BCUT2D eigenvalue weighted by Gasteiger charge is 2.21. The van der Waals surface area contributed by atoms with Gasteiger partial charge in [-0.1, -0.05) is 6.92 Å². The fourth-order valence-electron chi connectivity index (χ4n) is 1.96. The second-order valence-electron chi connectivity index (χ2n) is 6.25. The van der Waals surface area contributed by atoms with Gasteiger partial charge in [0, 0.05) is 0 Å². The molecule has 1 aromatic rings. The van der Waals surface area contributed by atoms with Gasteiger partial charge in [-0.3, -0.25) is 10.1 Å². The van der Waals surface area contributed by atoms with E-state index in [9.17, 15) is 14.7 Å². The highest BCUT2D eigenvalue weighted by Crippen LogP contribution is 2.38. The highest BCUT2D eigenvalue weighted by molar-refractivity contribution is 5.88. The molecule has 23 heavy (non-hydrogen) atoms. The number of carboxylic acids is 1. The van der Waals surface area contributed by atoms with Crippen LogP contribution in [0.4, 0.5) is 10.5 Å². The maximum Gasteiger partial charge on any atom is 0.412 e. The van der Waals surface area contributed by atoms with Gasteiger partial charge in [0.15, 0.2) is 11.5 Å². The van der Waals surface area contributed by atoms with Gasteiger partial charge in [0.25, 0.3) is 0 Å². The first-order valence-electron chi connectivity index (χ1n) is 7.16. The number of anilines is 1. The summed E-state index contributed by atoms with van der Waals surface area (Å²) < 4.78 is 10.2. The molecule has 7 nitrogen and oxygen atoms in total. The summed E-state index contributed by atoms with van der Waals surface area (Å²) in [6.07, 6.45) is -0.808. The molecule has 128 valence electrons. The lowest BCUT2D eigenvalue weighted by Gasteiger charge is -2.21. The molecule has 0 saturated heterocycles. The number of carbonyl (C=O) groups is 2. The van der Waals surface area contributed by atoms with Crippen LogP contribution in [0, 0.1) is 0 Å². The SMILES string of the molecule is COc1cc(C(C)CC(=O)O)cc(NC(=O)OC(C)(C)C)c1O. The summed E-state index contributed by atoms with van der Waals surface area (Å²) in [4.78, 5) is 22.7. The van der Waals surface area contributed by atoms with Gasteiger partial charge in [-0.05, 0) is 44.4 Å². The molecule has 0 aliphatic rings. The van der Waals surface area contributed by atoms with E-state index in [2.05, 4.69) is 5.32 Å². The van der Waals surface area contributed by atoms with E-state index in [0.29, 0.717) is 5.56 Å². The fourth-order valence-corrected chi connectivity index (χ4v) is 1.96. The molecule has 0 aliphatic carbocycles. The maximum atomic E-state index is 11.9. The first-order valence-corrected chi connectivity index (χ1v) is 7.16. The quantitative estimate of drug-likeness (QED) is 0.717. The first kappa shape index (κ1) is 18.6. The lowest BCUT2D eigenvalue weighted by molar-refractivity contribution is -0.137. The summed E-state index contributed by atoms with van der Waals surface area (Å²) in [7, 11) is 1.37. The van der Waals surface area contributed by atoms with Gasteiger partial charge in [0.1, 0.15) is 5.60 Å². The molecule has 1 amide bonds. The minimum atomic E-state index is -0.939. The van der Waals surface area contributed by atoms with E-state index in [1.54, 1.807) is 33.8 Å². The number of rotatable bonds is 5. The van der Waals surface area contributed by atoms with E-state index < -0.39 is 17.7 Å². The van der Waals surface area contributed by atoms with Gasteiger partial charge in [0.05, 0.1) is 19.2 Å². The number of carboxylic acid groups (broad SMARTS) is 1. The number of hydrogen-bond acceptors (Lipinski definition) is 5. The third kappa shape index (κ3) is 5.69. The van der Waals surface area contributed by atoms with Crippen LogP contribution >= 0.6 is 0 Å². The fraction of sp³-hybridized carbons (Fsp3) is 0.500. The number of amides is 1. The zero-order chi connectivity index (χ0) is 17.8. The van der Waals surface area contributed by atoms with Gasteiger partial charge >= 0.3 is 12.1 Å². The molecule has 0 aliphatic heterocycles. The summed E-state index contributed by atoms with van der Waals surface area (Å²) in [5.74, 6) is -1.36. The molecule has 0 fully saturated rings. The largest absolute Gasteiger partial charge is 0.503 e. The molecular weight excluding hydrogens is 302 g/mol. The summed E-state index contributed by atoms with van der Waals surface area (Å²) in [5, 5.41) is 21.5. The van der Waals surface area contributed by atoms with Gasteiger partial charge in [-0.25, -0.2) is 4.79 Å². The molecule has 1 unspecified atom stereocenters. The molecule has 0 spiro atoms. The number of carbonyl (C=O) groups excluding carboxylic acids is 1. The van der Waals surface area contributed by atoms with E-state index in [1.807, 2.05) is 0 Å². The van der Waals surface area contributed by atoms with Crippen LogP contribution in [-0.4, -0.2) is 35.0 Å². The van der Waals surface area contributed by atoms with E-state index >= 15 is 0 Å². The molecule has 0 bridgehead atoms. The lowest BCUT2D eigenvalue weighted by atomic mass is 9.96. The number of methoxy groups -OCH3 is 1. The Hall–Kier alpha value is -2.44. The number of phenols is 1. The average molecular weight is 325 g/mol. The third-order valence-electron chi connectivity index (χ3n) is 3.00. The van der Waals surface area contributed by atoms with Crippen LogP contribution in [0.15, 0.2) is 12.1 Å². The second-order valence-corrected chi connectivity index (χ2v) is 6.25. The third-order valence-corrected chi connectivity index (χ3v) is 3.00. The second kappa shape index (κ2) is 7.21. The number of ether oxygens (including phenoxy) is 2. The molecular formula is C16H23NO6. The number of benzene rings is 1. The van der Waals surface area contributed by atoms with E-state index in [1.165, 1.54) is 13.2 Å². The average Bonchev–Trinajstić information content (AvgIpc) is 2.37. The summed E-state index contributed by atoms with van der Waals surface area (Å²) in [6, 6.07) is 3.05. The number of hydrogen-bond donors (Lipinski definition) is 3. The Bertz CT molecular complexity index is 591. The normalized spacial score (nSPS) is 12.4. The molecule has 3 N–H and O–H groups in total. The smallest absolute Gasteiger partial charge is 0.412 e. The Labute approximate surface area is 135 Å². The van der Waals surface area contributed by atoms with Crippen LogP contribution < -0.4 is 10.1 Å². The van der Waals surface area contributed by atoms with Crippen molar-refractivity contribution in [1.29, 1.82) is 0 Å². The van der Waals surface area contributed by atoms with Gasteiger partial charge in [0.2, 0.25) is 0 Å². The van der Waals surface area contributed by atoms with Crippen LogP contribution in [-0.2, 0) is 9.53 Å². The van der Waals surface area contributed by atoms with E-state index in [-0.39, 0.29) is 29.5 Å². The Morgan fingerprint density at radius 1 is 1.30 bits per heavy atom. The zero-order valence-corrected chi connectivity index (χ0v) is 14.0. The monoisotopic (exact) mass is 325 g/mol. The van der Waals surface area contributed by atoms with Crippen LogP contribution in [0.1, 0.15) is 45.6 Å². The van der Waals surface area contributed by atoms with Crippen LogP contribution in [0.5, 0.6) is 11.5 Å². The molecule has 0 radical (unpaired) electrons. The van der Waals surface area contributed by atoms with Crippen molar-refractivity contribution in [2.45, 2.75) is 45.6 Å². The minimum absolute atomic E-state index is 0.0835. The van der Waals surface area contributed by atoms with Crippen molar-refractivity contribution in [1.82, 2.24) is 0 Å². The molecule has 0 aromatic heterocycles. The van der Waals surface area contributed by atoms with Crippen molar-refractivity contribution >= 4 is 17.7 Å². The number of aromatic hydroxyl groups is 1. The van der Waals surface area contributed by atoms with Crippen molar-refractivity contribution in [2.24, 2.45) is 0 Å². The van der Waals surface area contributed by atoms with Gasteiger partial charge < -0.3 is 19.7 Å². The van der Waals surface area contributed by atoms with Crippen molar-refractivity contribution in [2.75, 3.05) is 12.4 Å². The van der Waals surface area contributed by atoms with Crippen molar-refractivity contribution in [3.05, 3.63) is 17.7 Å². The first-order chi connectivity index (χ1) is 10.5. The topological polar surface area (TPSA) is 105 Å². The van der Waals surface area contributed by atoms with E-state index in [0.717, 1.165) is 0 Å². The molecule has 1 rings (SSSR count). The highest BCUT2D eigenvalue weighted by atomic mass is 16.6. The Morgan fingerprint density at radius 2 is 1.91 bits per heavy atom. The molecule has 1 aromatic carbocycles. The minimum Gasteiger partial charge on any atom is -0.503 e. The van der Waals surface area contributed by atoms with Crippen LogP contribution in [0.2, 0.25) is 0 Å².